The van der Waals surface area contributed by atoms with Crippen LogP contribution in [0.5, 0.6) is 0 Å². The number of rotatable bonds is 4. The maximum atomic E-state index is 14.6. The van der Waals surface area contributed by atoms with Crippen LogP contribution in [0.2, 0.25) is 0 Å². The van der Waals surface area contributed by atoms with Gasteiger partial charge in [0, 0.05) is 17.0 Å². The zero-order valence-corrected chi connectivity index (χ0v) is 14.6. The number of ether oxygens (including phenoxy) is 1. The molecule has 0 aliphatic carbocycles. The van der Waals surface area contributed by atoms with Crippen LogP contribution in [-0.2, 0) is 11.2 Å². The molecule has 0 radical (unpaired) electrons. The zero-order chi connectivity index (χ0) is 18.0. The Morgan fingerprint density at radius 1 is 0.960 bits per heavy atom. The molecule has 1 fully saturated rings. The summed E-state index contributed by atoms with van der Waals surface area (Å²) in [6.45, 7) is 4.42. The van der Waals surface area contributed by atoms with E-state index in [4.69, 9.17) is 4.74 Å². The van der Waals surface area contributed by atoms with Crippen molar-refractivity contribution in [1.29, 1.82) is 0 Å². The highest BCUT2D eigenvalue weighted by Crippen LogP contribution is 2.33. The monoisotopic (exact) mass is 348 g/mol. The molecule has 1 aliphatic heterocycles. The maximum absolute atomic E-state index is 14.6. The summed E-state index contributed by atoms with van der Waals surface area (Å²) in [4.78, 5) is 0. The normalized spacial score (nSPS) is 20.7. The molecular formula is C21H23F3O. The number of halogens is 3. The molecular weight excluding hydrogens is 325 g/mol. The number of aryl methyl sites for hydroxylation is 1. The van der Waals surface area contributed by atoms with E-state index in [0.29, 0.717) is 18.6 Å². The summed E-state index contributed by atoms with van der Waals surface area (Å²) in [5.74, 6) is -2.26. The Morgan fingerprint density at radius 3 is 2.32 bits per heavy atom. The number of benzene rings is 2. The second-order valence-corrected chi connectivity index (χ2v) is 6.63. The fourth-order valence-corrected chi connectivity index (χ4v) is 3.47. The lowest BCUT2D eigenvalue weighted by molar-refractivity contribution is 0.00199. The maximum Gasteiger partial charge on any atom is 0.167 e. The molecule has 3 rings (SSSR count). The minimum atomic E-state index is -0.988. The molecule has 0 aromatic heterocycles. The summed E-state index contributed by atoms with van der Waals surface area (Å²) >= 11 is 0. The minimum Gasteiger partial charge on any atom is -0.378 e. The first-order chi connectivity index (χ1) is 12.0. The largest absolute Gasteiger partial charge is 0.378 e. The Hall–Kier alpha value is -1.81. The van der Waals surface area contributed by atoms with Crippen molar-refractivity contribution in [2.45, 2.75) is 51.6 Å². The van der Waals surface area contributed by atoms with Gasteiger partial charge >= 0.3 is 0 Å². The van der Waals surface area contributed by atoms with Crippen molar-refractivity contribution in [2.75, 3.05) is 6.61 Å². The Morgan fingerprint density at radius 2 is 1.72 bits per heavy atom. The van der Waals surface area contributed by atoms with Crippen molar-refractivity contribution < 1.29 is 17.9 Å². The second kappa shape index (κ2) is 7.61. The van der Waals surface area contributed by atoms with Gasteiger partial charge in [-0.05, 0) is 42.9 Å². The van der Waals surface area contributed by atoms with Crippen LogP contribution in [-0.4, -0.2) is 12.7 Å². The van der Waals surface area contributed by atoms with Crippen LogP contribution in [0, 0.1) is 17.5 Å². The highest BCUT2D eigenvalue weighted by Gasteiger charge is 2.23. The Kier molecular flexibility index (Phi) is 5.48. The predicted molar refractivity (Wildman–Crippen MR) is 93.1 cm³/mol. The van der Waals surface area contributed by atoms with Crippen molar-refractivity contribution in [3.05, 3.63) is 58.9 Å². The van der Waals surface area contributed by atoms with Crippen molar-refractivity contribution in [2.24, 2.45) is 0 Å². The molecule has 2 aromatic carbocycles. The molecule has 0 N–H and O–H groups in total. The molecule has 1 heterocycles. The lowest BCUT2D eigenvalue weighted by Gasteiger charge is -2.28. The van der Waals surface area contributed by atoms with Crippen LogP contribution in [0.4, 0.5) is 13.2 Å². The van der Waals surface area contributed by atoms with Crippen LogP contribution < -0.4 is 0 Å². The van der Waals surface area contributed by atoms with Gasteiger partial charge in [0.05, 0.1) is 12.7 Å². The van der Waals surface area contributed by atoms with E-state index in [1.54, 1.807) is 19.1 Å². The number of hydrogen-bond acceptors (Lipinski definition) is 1. The number of hydrogen-bond donors (Lipinski definition) is 0. The van der Waals surface area contributed by atoms with E-state index in [1.165, 1.54) is 18.2 Å². The molecule has 1 saturated heterocycles. The standard InChI is InChI=1S/C21H23F3O/c1-3-13-6-10-18(21(24)20(13)23)17-9-7-14(11-19(17)22)15-5-8-16(4-2)25-12-15/h6-7,9-11,15-16H,3-5,8,12H2,1-2H3. The van der Waals surface area contributed by atoms with Gasteiger partial charge in [-0.25, -0.2) is 13.2 Å². The van der Waals surface area contributed by atoms with Crippen molar-refractivity contribution in [1.82, 2.24) is 0 Å². The molecule has 25 heavy (non-hydrogen) atoms. The zero-order valence-electron chi connectivity index (χ0n) is 14.6. The summed E-state index contributed by atoms with van der Waals surface area (Å²) in [6, 6.07) is 7.73. The first-order valence-corrected chi connectivity index (χ1v) is 8.93. The van der Waals surface area contributed by atoms with Gasteiger partial charge in [-0.1, -0.05) is 38.1 Å². The van der Waals surface area contributed by atoms with E-state index < -0.39 is 17.5 Å². The molecule has 0 bridgehead atoms. The fourth-order valence-electron chi connectivity index (χ4n) is 3.47. The molecule has 2 atom stereocenters. The summed E-state index contributed by atoms with van der Waals surface area (Å²) in [5, 5.41) is 0. The third-order valence-electron chi connectivity index (χ3n) is 5.12. The topological polar surface area (TPSA) is 9.23 Å². The smallest absolute Gasteiger partial charge is 0.167 e. The Labute approximate surface area is 146 Å². The van der Waals surface area contributed by atoms with Crippen molar-refractivity contribution in [3.63, 3.8) is 0 Å². The van der Waals surface area contributed by atoms with Crippen LogP contribution in [0.3, 0.4) is 0 Å². The Bertz CT molecular complexity index is 749. The van der Waals surface area contributed by atoms with Gasteiger partial charge in [0.1, 0.15) is 5.82 Å². The van der Waals surface area contributed by atoms with E-state index in [2.05, 4.69) is 6.92 Å². The van der Waals surface area contributed by atoms with Gasteiger partial charge in [0.2, 0.25) is 0 Å². The predicted octanol–water partition coefficient (Wildman–Crippen LogP) is 6.01. The van der Waals surface area contributed by atoms with E-state index in [0.717, 1.165) is 24.8 Å². The third kappa shape index (κ3) is 3.59. The first kappa shape index (κ1) is 18.0. The fraction of sp³-hybridized carbons (Fsp3) is 0.429. The van der Waals surface area contributed by atoms with E-state index in [-0.39, 0.29) is 23.1 Å². The molecule has 2 unspecified atom stereocenters. The second-order valence-electron chi connectivity index (χ2n) is 6.63. The molecule has 134 valence electrons. The van der Waals surface area contributed by atoms with Crippen molar-refractivity contribution >= 4 is 0 Å². The highest BCUT2D eigenvalue weighted by atomic mass is 19.2. The summed E-state index contributed by atoms with van der Waals surface area (Å²) < 4.78 is 48.7. The molecule has 2 aromatic rings. The average Bonchev–Trinajstić information content (AvgIpc) is 2.64. The van der Waals surface area contributed by atoms with Crippen LogP contribution in [0.25, 0.3) is 11.1 Å². The third-order valence-corrected chi connectivity index (χ3v) is 5.12. The molecule has 0 saturated carbocycles. The summed E-state index contributed by atoms with van der Waals surface area (Å²) in [5.41, 5.74) is 1.20. The molecule has 1 nitrogen and oxygen atoms in total. The van der Waals surface area contributed by atoms with Crippen LogP contribution in [0.15, 0.2) is 30.3 Å². The highest BCUT2D eigenvalue weighted by molar-refractivity contribution is 5.66. The molecule has 0 amide bonds. The molecule has 4 heteroatoms. The minimum absolute atomic E-state index is 0.0373. The van der Waals surface area contributed by atoms with Gasteiger partial charge in [0.25, 0.3) is 0 Å². The van der Waals surface area contributed by atoms with Gasteiger partial charge in [-0.3, -0.25) is 0 Å². The van der Waals surface area contributed by atoms with Crippen LogP contribution >= 0.6 is 0 Å². The summed E-state index contributed by atoms with van der Waals surface area (Å²) in [7, 11) is 0. The summed E-state index contributed by atoms with van der Waals surface area (Å²) in [6.07, 6.45) is 3.58. The van der Waals surface area contributed by atoms with Gasteiger partial charge in [0.15, 0.2) is 11.6 Å². The SMILES string of the molecule is CCc1ccc(-c2ccc(C3CCC(CC)OC3)cc2F)c(F)c1F. The van der Waals surface area contributed by atoms with Gasteiger partial charge < -0.3 is 4.74 Å². The van der Waals surface area contributed by atoms with Crippen molar-refractivity contribution in [3.8, 4) is 11.1 Å². The lowest BCUT2D eigenvalue weighted by atomic mass is 9.89. The van der Waals surface area contributed by atoms with E-state index in [1.807, 2.05) is 0 Å². The van der Waals surface area contributed by atoms with Gasteiger partial charge in [-0.15, -0.1) is 0 Å². The van der Waals surface area contributed by atoms with Crippen LogP contribution in [0.1, 0.15) is 50.2 Å². The average molecular weight is 348 g/mol. The Balaban J connectivity index is 1.87. The molecule has 0 spiro atoms. The molecule has 1 aliphatic rings. The lowest BCUT2D eigenvalue weighted by Crippen LogP contribution is -2.24. The quantitative estimate of drug-likeness (QED) is 0.658. The van der Waals surface area contributed by atoms with E-state index in [9.17, 15) is 13.2 Å². The van der Waals surface area contributed by atoms with E-state index >= 15 is 0 Å². The first-order valence-electron chi connectivity index (χ1n) is 8.93. The van der Waals surface area contributed by atoms with Gasteiger partial charge in [-0.2, -0.15) is 0 Å².